The van der Waals surface area contributed by atoms with Crippen molar-refractivity contribution in [3.05, 3.63) is 93.5 Å². The number of nitrogens with zero attached hydrogens (tertiary/aromatic N) is 6. The molecular formula is C39H47N7O3. The van der Waals surface area contributed by atoms with Crippen LogP contribution in [0.1, 0.15) is 64.5 Å². The molecule has 2 aliphatic heterocycles. The van der Waals surface area contributed by atoms with E-state index in [1.165, 1.54) is 5.56 Å². The van der Waals surface area contributed by atoms with E-state index >= 15 is 0 Å². The second-order valence-corrected chi connectivity index (χ2v) is 13.9. The zero-order valence-corrected chi connectivity index (χ0v) is 29.4. The van der Waals surface area contributed by atoms with Crippen LogP contribution in [0, 0.1) is 36.5 Å². The number of piperazine rings is 2. The number of carbonyl (C=O) groups excluding carboxylic acids is 2. The van der Waals surface area contributed by atoms with E-state index in [0.717, 1.165) is 66.4 Å². The minimum absolute atomic E-state index is 0.0340. The highest BCUT2D eigenvalue weighted by molar-refractivity contribution is 5.96. The van der Waals surface area contributed by atoms with Crippen LogP contribution in [0.3, 0.4) is 0 Å². The van der Waals surface area contributed by atoms with E-state index in [4.69, 9.17) is 4.74 Å². The van der Waals surface area contributed by atoms with Gasteiger partial charge in [0.25, 0.3) is 5.91 Å². The first-order valence-corrected chi connectivity index (χ1v) is 17.1. The van der Waals surface area contributed by atoms with Crippen molar-refractivity contribution >= 4 is 23.4 Å². The molecule has 3 aromatic carbocycles. The van der Waals surface area contributed by atoms with Crippen LogP contribution in [-0.2, 0) is 17.7 Å². The van der Waals surface area contributed by atoms with Crippen LogP contribution in [0.2, 0.25) is 0 Å². The lowest BCUT2D eigenvalue weighted by atomic mass is 9.98. The highest BCUT2D eigenvalue weighted by atomic mass is 16.6. The summed E-state index contributed by atoms with van der Waals surface area (Å²) in [4.78, 5) is 34.9. The molecule has 256 valence electrons. The molecule has 0 radical (unpaired) electrons. The lowest BCUT2D eigenvalue weighted by molar-refractivity contribution is 0.0528. The molecule has 10 nitrogen and oxygen atoms in total. The molecule has 5 rings (SSSR count). The minimum atomic E-state index is -0.574. The van der Waals surface area contributed by atoms with Crippen LogP contribution >= 0.6 is 0 Å². The van der Waals surface area contributed by atoms with Gasteiger partial charge < -0.3 is 24.8 Å². The first-order valence-electron chi connectivity index (χ1n) is 17.1. The second-order valence-electron chi connectivity index (χ2n) is 13.9. The fourth-order valence-electron chi connectivity index (χ4n) is 6.70. The number of para-hydroxylation sites is 2. The number of aryl methyl sites for hydroxylation is 2. The minimum Gasteiger partial charge on any atom is -0.444 e. The summed E-state index contributed by atoms with van der Waals surface area (Å²) >= 11 is 0. The van der Waals surface area contributed by atoms with Crippen LogP contribution in [0.15, 0.2) is 54.6 Å². The molecule has 2 fully saturated rings. The third-order valence-corrected chi connectivity index (χ3v) is 9.23. The molecule has 0 bridgehead atoms. The van der Waals surface area contributed by atoms with E-state index in [1.54, 1.807) is 0 Å². The van der Waals surface area contributed by atoms with Gasteiger partial charge in [-0.2, -0.15) is 10.5 Å². The summed E-state index contributed by atoms with van der Waals surface area (Å²) in [6.07, 6.45) is 0.0875. The second kappa shape index (κ2) is 15.4. The Labute approximate surface area is 290 Å². The van der Waals surface area contributed by atoms with Gasteiger partial charge in [0, 0.05) is 71.0 Å². The normalized spacial score (nSPS) is 15.4. The summed E-state index contributed by atoms with van der Waals surface area (Å²) in [5.74, 6) is 0.0340. The number of rotatable bonds is 8. The van der Waals surface area contributed by atoms with Gasteiger partial charge in [0.15, 0.2) is 0 Å². The Bertz CT molecular complexity index is 1750. The van der Waals surface area contributed by atoms with Gasteiger partial charge in [-0.25, -0.2) is 4.79 Å². The van der Waals surface area contributed by atoms with Gasteiger partial charge in [0.2, 0.25) is 0 Å². The van der Waals surface area contributed by atoms with Crippen molar-refractivity contribution in [2.24, 2.45) is 0 Å². The summed E-state index contributed by atoms with van der Waals surface area (Å²) in [6.45, 7) is 16.5. The Morgan fingerprint density at radius 1 is 0.796 bits per heavy atom. The quantitative estimate of drug-likeness (QED) is 0.342. The molecule has 2 heterocycles. The molecule has 0 unspecified atom stereocenters. The number of carbonyl (C=O) groups is 2. The molecular weight excluding hydrogens is 614 g/mol. The molecule has 10 heteroatoms. The van der Waals surface area contributed by atoms with Gasteiger partial charge in [-0.05, 0) is 87.6 Å². The van der Waals surface area contributed by atoms with Crippen molar-refractivity contribution in [3.63, 3.8) is 0 Å². The molecule has 2 aliphatic rings. The van der Waals surface area contributed by atoms with Crippen LogP contribution in [0.4, 0.5) is 16.2 Å². The SMILES string of the molecule is Cc1cc(C)c(C(=O)N2CCN(c3c(C#N)cccc3CCNC(=O)OC(C)(C)C)CC2)cc1CN1CCN(c2ccccc2C#N)CC1. The Balaban J connectivity index is 1.21. The van der Waals surface area contributed by atoms with Gasteiger partial charge in [-0.1, -0.05) is 30.3 Å². The van der Waals surface area contributed by atoms with Gasteiger partial charge >= 0.3 is 6.09 Å². The smallest absolute Gasteiger partial charge is 0.407 e. The molecule has 2 saturated heterocycles. The van der Waals surface area contributed by atoms with E-state index in [0.29, 0.717) is 50.3 Å². The van der Waals surface area contributed by atoms with Crippen molar-refractivity contribution in [1.29, 1.82) is 10.5 Å². The lowest BCUT2D eigenvalue weighted by Crippen LogP contribution is -2.49. The van der Waals surface area contributed by atoms with Crippen LogP contribution < -0.4 is 15.1 Å². The Morgan fingerprint density at radius 2 is 1.45 bits per heavy atom. The maximum Gasteiger partial charge on any atom is 0.407 e. The van der Waals surface area contributed by atoms with E-state index in [9.17, 15) is 20.1 Å². The number of alkyl carbamates (subject to hydrolysis) is 1. The maximum atomic E-state index is 13.9. The highest BCUT2D eigenvalue weighted by Gasteiger charge is 2.27. The number of ether oxygens (including phenoxy) is 1. The third kappa shape index (κ3) is 8.70. The third-order valence-electron chi connectivity index (χ3n) is 9.23. The van der Waals surface area contributed by atoms with E-state index in [-0.39, 0.29) is 5.91 Å². The Morgan fingerprint density at radius 3 is 2.12 bits per heavy atom. The maximum absolute atomic E-state index is 13.9. The van der Waals surface area contributed by atoms with Crippen molar-refractivity contribution in [2.75, 3.05) is 68.7 Å². The average Bonchev–Trinajstić information content (AvgIpc) is 3.08. The molecule has 0 atom stereocenters. The van der Waals surface area contributed by atoms with Crippen molar-refractivity contribution in [1.82, 2.24) is 15.1 Å². The van der Waals surface area contributed by atoms with E-state index in [1.807, 2.05) is 75.1 Å². The number of hydrogen-bond acceptors (Lipinski definition) is 8. The molecule has 1 N–H and O–H groups in total. The van der Waals surface area contributed by atoms with E-state index < -0.39 is 11.7 Å². The van der Waals surface area contributed by atoms with Gasteiger partial charge in [-0.3, -0.25) is 9.69 Å². The number of nitriles is 2. The van der Waals surface area contributed by atoms with Crippen LogP contribution in [0.25, 0.3) is 0 Å². The standard InChI is InChI=1S/C39H47N7O3/c1-28-23-29(2)34(24-33(28)27-43-15-17-44(18-16-43)35-12-7-6-9-31(35)25-40)37(47)46-21-19-45(20-22-46)36-30(10-8-11-32(36)26-41)13-14-42-38(48)49-39(3,4)5/h6-12,23-24H,13-22,27H2,1-5H3,(H,42,48). The van der Waals surface area contributed by atoms with Gasteiger partial charge in [0.05, 0.1) is 22.5 Å². The topological polar surface area (TPSA) is 116 Å². The predicted octanol–water partition coefficient (Wildman–Crippen LogP) is 5.40. The number of amides is 2. The summed E-state index contributed by atoms with van der Waals surface area (Å²) in [5.41, 5.74) is 7.60. The van der Waals surface area contributed by atoms with Gasteiger partial charge in [-0.15, -0.1) is 0 Å². The molecule has 0 aromatic heterocycles. The summed E-state index contributed by atoms with van der Waals surface area (Å²) in [7, 11) is 0. The van der Waals surface area contributed by atoms with Gasteiger partial charge in [0.1, 0.15) is 17.7 Å². The monoisotopic (exact) mass is 661 g/mol. The zero-order chi connectivity index (χ0) is 35.1. The summed E-state index contributed by atoms with van der Waals surface area (Å²) < 4.78 is 5.36. The van der Waals surface area contributed by atoms with Crippen molar-refractivity contribution in [2.45, 2.75) is 53.2 Å². The first-order chi connectivity index (χ1) is 23.5. The largest absolute Gasteiger partial charge is 0.444 e. The molecule has 0 spiro atoms. The van der Waals surface area contributed by atoms with Crippen LogP contribution in [0.5, 0.6) is 0 Å². The van der Waals surface area contributed by atoms with Crippen LogP contribution in [-0.4, -0.2) is 86.3 Å². The zero-order valence-electron chi connectivity index (χ0n) is 29.4. The van der Waals surface area contributed by atoms with E-state index in [2.05, 4.69) is 51.2 Å². The number of anilines is 2. The molecule has 49 heavy (non-hydrogen) atoms. The molecule has 2 amide bonds. The number of hydrogen-bond donors (Lipinski definition) is 1. The van der Waals surface area contributed by atoms with Crippen molar-refractivity contribution in [3.8, 4) is 12.1 Å². The summed E-state index contributed by atoms with van der Waals surface area (Å²) in [5, 5.41) is 22.3. The molecule has 0 saturated carbocycles. The summed E-state index contributed by atoms with van der Waals surface area (Å²) in [6, 6.07) is 22.3. The van der Waals surface area contributed by atoms with Crippen molar-refractivity contribution < 1.29 is 14.3 Å². The number of benzene rings is 3. The lowest BCUT2D eigenvalue weighted by Gasteiger charge is -2.38. The Kier molecular flexibility index (Phi) is 11.1. The Hall–Kier alpha value is -5.06. The fraction of sp³-hybridized carbons (Fsp3) is 0.436. The number of nitrogens with one attached hydrogen (secondary N) is 1. The fourth-order valence-corrected chi connectivity index (χ4v) is 6.70. The predicted molar refractivity (Wildman–Crippen MR) is 192 cm³/mol. The highest BCUT2D eigenvalue weighted by Crippen LogP contribution is 2.28. The molecule has 3 aromatic rings. The first kappa shape index (κ1) is 35.3. The molecule has 0 aliphatic carbocycles. The average molecular weight is 662 g/mol.